The van der Waals surface area contributed by atoms with E-state index in [1.54, 1.807) is 26.8 Å². The molecule has 166 valence electrons. The Balaban J connectivity index is 1.83. The van der Waals surface area contributed by atoms with Gasteiger partial charge in [0, 0.05) is 24.3 Å². The average Bonchev–Trinajstić information content (AvgIpc) is 2.60. The summed E-state index contributed by atoms with van der Waals surface area (Å²) in [5.41, 5.74) is 0.489. The predicted molar refractivity (Wildman–Crippen MR) is 104 cm³/mol. The van der Waals surface area contributed by atoms with E-state index in [1.165, 1.54) is 18.2 Å². The van der Waals surface area contributed by atoms with Crippen molar-refractivity contribution >= 4 is 15.7 Å². The molecule has 1 aromatic carbocycles. The first-order valence-electron chi connectivity index (χ1n) is 9.51. The van der Waals surface area contributed by atoms with Crippen molar-refractivity contribution in [3.05, 3.63) is 24.3 Å². The second-order valence-electron chi connectivity index (χ2n) is 8.32. The molecule has 0 aliphatic heterocycles. The molecular weight excluding hydrogens is 412 g/mol. The monoisotopic (exact) mass is 440 g/mol. The predicted octanol–water partition coefficient (Wildman–Crippen LogP) is 4.61. The van der Waals surface area contributed by atoms with Crippen LogP contribution in [0.3, 0.4) is 0 Å². The summed E-state index contributed by atoms with van der Waals surface area (Å²) in [5, 5.41) is 3.11. The Morgan fingerprint density at radius 2 is 1.76 bits per heavy atom. The van der Waals surface area contributed by atoms with Crippen LogP contribution in [0.15, 0.2) is 24.3 Å². The van der Waals surface area contributed by atoms with E-state index in [0.717, 1.165) is 12.8 Å². The molecule has 10 heteroatoms. The second kappa shape index (κ2) is 9.07. The number of halogens is 4. The lowest BCUT2D eigenvalue weighted by molar-refractivity contribution is -0.253. The van der Waals surface area contributed by atoms with Gasteiger partial charge in [-0.15, -0.1) is 0 Å². The number of hydrogen-bond donors (Lipinski definition) is 2. The molecule has 0 saturated heterocycles. The van der Waals surface area contributed by atoms with Crippen molar-refractivity contribution in [3.63, 3.8) is 0 Å². The third-order valence-corrected chi connectivity index (χ3v) is 7.17. The van der Waals surface area contributed by atoms with E-state index >= 15 is 0 Å². The minimum atomic E-state index is -4.54. The van der Waals surface area contributed by atoms with Crippen LogP contribution in [0.25, 0.3) is 0 Å². The number of hydrogen-bond acceptors (Lipinski definition) is 4. The summed E-state index contributed by atoms with van der Waals surface area (Å²) in [5.74, 6) is -0.0573. The summed E-state index contributed by atoms with van der Waals surface area (Å²) in [6, 6.07) is 5.42. The van der Waals surface area contributed by atoms with E-state index in [4.69, 9.17) is 0 Å². The molecule has 0 spiro atoms. The SMILES string of the molecule is CC(C)(C)S(=O)(=O)N[C@H]1CC[C@H](CNc2cccc(OC(F)(F)C(F)F)c2)CC1. The fourth-order valence-electron chi connectivity index (χ4n) is 3.01. The van der Waals surface area contributed by atoms with Crippen LogP contribution >= 0.6 is 0 Å². The third kappa shape index (κ3) is 6.74. The van der Waals surface area contributed by atoms with Gasteiger partial charge in [0.2, 0.25) is 10.0 Å². The zero-order valence-corrected chi connectivity index (χ0v) is 17.5. The average molecular weight is 441 g/mol. The summed E-state index contributed by atoms with van der Waals surface area (Å²) in [6.45, 7) is 5.52. The molecule has 0 unspecified atom stereocenters. The number of sulfonamides is 1. The smallest absolute Gasteiger partial charge is 0.428 e. The summed E-state index contributed by atoms with van der Waals surface area (Å²) in [7, 11) is -3.39. The number of nitrogens with one attached hydrogen (secondary N) is 2. The van der Waals surface area contributed by atoms with Gasteiger partial charge < -0.3 is 10.1 Å². The summed E-state index contributed by atoms with van der Waals surface area (Å²) < 4.78 is 81.1. The summed E-state index contributed by atoms with van der Waals surface area (Å²) in [4.78, 5) is 0. The van der Waals surface area contributed by atoms with Gasteiger partial charge in [-0.3, -0.25) is 0 Å². The van der Waals surface area contributed by atoms with E-state index < -0.39 is 27.3 Å². The van der Waals surface area contributed by atoms with Gasteiger partial charge in [0.05, 0.1) is 4.75 Å². The maximum Gasteiger partial charge on any atom is 0.461 e. The Kier molecular flexibility index (Phi) is 7.42. The highest BCUT2D eigenvalue weighted by molar-refractivity contribution is 7.90. The highest BCUT2D eigenvalue weighted by Gasteiger charge is 2.44. The quantitative estimate of drug-likeness (QED) is 0.580. The van der Waals surface area contributed by atoms with Crippen LogP contribution in [0, 0.1) is 5.92 Å². The largest absolute Gasteiger partial charge is 0.461 e. The van der Waals surface area contributed by atoms with Crippen LogP contribution in [0.5, 0.6) is 5.75 Å². The van der Waals surface area contributed by atoms with E-state index in [2.05, 4.69) is 14.8 Å². The van der Waals surface area contributed by atoms with Crippen LogP contribution in [0.2, 0.25) is 0 Å². The molecule has 5 nitrogen and oxygen atoms in total. The lowest BCUT2D eigenvalue weighted by Crippen LogP contribution is -2.46. The highest BCUT2D eigenvalue weighted by Crippen LogP contribution is 2.30. The molecule has 2 N–H and O–H groups in total. The van der Waals surface area contributed by atoms with Gasteiger partial charge in [-0.1, -0.05) is 6.07 Å². The van der Waals surface area contributed by atoms with E-state index in [0.29, 0.717) is 25.1 Å². The third-order valence-electron chi connectivity index (χ3n) is 4.91. The first-order chi connectivity index (χ1) is 13.3. The molecule has 0 amide bonds. The Labute approximate surface area is 169 Å². The van der Waals surface area contributed by atoms with Crippen molar-refractivity contribution in [1.29, 1.82) is 0 Å². The minimum absolute atomic E-state index is 0.0937. The highest BCUT2D eigenvalue weighted by atomic mass is 32.2. The van der Waals surface area contributed by atoms with Crippen molar-refractivity contribution in [3.8, 4) is 5.75 Å². The Bertz CT molecular complexity index is 774. The molecule has 1 aliphatic carbocycles. The standard InChI is InChI=1S/C19H28F4N2O3S/c1-18(2,3)29(26,27)25-14-9-7-13(8-10-14)12-24-15-5-4-6-16(11-15)28-19(22,23)17(20)21/h4-6,11,13-14,17,24-25H,7-10,12H2,1-3H3/t13-,14-. The molecule has 1 aliphatic rings. The molecule has 2 rings (SSSR count). The molecule has 0 heterocycles. The van der Waals surface area contributed by atoms with Gasteiger partial charge in [0.1, 0.15) is 5.75 Å². The van der Waals surface area contributed by atoms with Crippen LogP contribution in [-0.4, -0.2) is 38.3 Å². The van der Waals surface area contributed by atoms with Crippen LogP contribution in [0.1, 0.15) is 46.5 Å². The topological polar surface area (TPSA) is 67.4 Å². The number of rotatable bonds is 8. The molecule has 0 atom stereocenters. The molecular formula is C19H28F4N2O3S. The number of benzene rings is 1. The van der Waals surface area contributed by atoms with Crippen molar-refractivity contribution < 1.29 is 30.7 Å². The number of ether oxygens (including phenoxy) is 1. The first-order valence-corrected chi connectivity index (χ1v) is 11.0. The summed E-state index contributed by atoms with van der Waals surface area (Å²) in [6.07, 6.45) is -5.41. The van der Waals surface area contributed by atoms with Gasteiger partial charge in [0.15, 0.2) is 0 Å². The zero-order chi connectivity index (χ0) is 21.9. The normalized spacial score (nSPS) is 21.2. The van der Waals surface area contributed by atoms with Crippen LogP contribution in [0.4, 0.5) is 23.2 Å². The minimum Gasteiger partial charge on any atom is -0.428 e. The maximum absolute atomic E-state index is 13.0. The maximum atomic E-state index is 13.0. The number of alkyl halides is 4. The fourth-order valence-corrected chi connectivity index (χ4v) is 4.04. The van der Waals surface area contributed by atoms with E-state index in [1.807, 2.05) is 0 Å². The van der Waals surface area contributed by atoms with Crippen LogP contribution < -0.4 is 14.8 Å². The van der Waals surface area contributed by atoms with Crippen molar-refractivity contribution in [2.24, 2.45) is 5.92 Å². The van der Waals surface area contributed by atoms with Gasteiger partial charge in [-0.25, -0.2) is 13.1 Å². The number of anilines is 1. The zero-order valence-electron chi connectivity index (χ0n) is 16.7. The van der Waals surface area contributed by atoms with Gasteiger partial charge in [-0.2, -0.15) is 17.6 Å². The van der Waals surface area contributed by atoms with E-state index in [9.17, 15) is 26.0 Å². The van der Waals surface area contributed by atoms with Gasteiger partial charge in [-0.05, 0) is 64.5 Å². The summed E-state index contributed by atoms with van der Waals surface area (Å²) >= 11 is 0. The molecule has 0 aromatic heterocycles. The Morgan fingerprint density at radius 3 is 2.31 bits per heavy atom. The molecule has 29 heavy (non-hydrogen) atoms. The molecule has 0 radical (unpaired) electrons. The van der Waals surface area contributed by atoms with Gasteiger partial charge in [0.25, 0.3) is 0 Å². The molecule has 1 saturated carbocycles. The lowest BCUT2D eigenvalue weighted by Gasteiger charge is -2.31. The fraction of sp³-hybridized carbons (Fsp3) is 0.684. The van der Waals surface area contributed by atoms with Crippen molar-refractivity contribution in [2.45, 2.75) is 69.8 Å². The van der Waals surface area contributed by atoms with Gasteiger partial charge >= 0.3 is 12.5 Å². The first kappa shape index (κ1) is 23.7. The van der Waals surface area contributed by atoms with Crippen molar-refractivity contribution in [1.82, 2.24) is 4.72 Å². The van der Waals surface area contributed by atoms with Crippen molar-refractivity contribution in [2.75, 3.05) is 11.9 Å². The second-order valence-corrected chi connectivity index (χ2v) is 10.8. The van der Waals surface area contributed by atoms with Crippen LogP contribution in [-0.2, 0) is 10.0 Å². The Morgan fingerprint density at radius 1 is 1.14 bits per heavy atom. The molecule has 0 bridgehead atoms. The lowest BCUT2D eigenvalue weighted by atomic mass is 9.86. The molecule has 1 fully saturated rings. The molecule has 1 aromatic rings. The van der Waals surface area contributed by atoms with E-state index in [-0.39, 0.29) is 17.7 Å². The Hall–Kier alpha value is -1.55.